The van der Waals surface area contributed by atoms with Gasteiger partial charge in [0.2, 0.25) is 11.9 Å². The van der Waals surface area contributed by atoms with E-state index in [1.54, 1.807) is 23.1 Å². The zero-order chi connectivity index (χ0) is 27.8. The molecule has 1 aromatic heterocycles. The standard InChI is InChI=1S/C26H23Cl2F2N5O3/c1-26(2,33-23(36)14-6-7-31-22(30)8-14)25(38)32-19-13-35(18-10-15(27)9-16(28)11-18)20-5-4-17(29)12-21(20)34(3)24(19)37/h4-12,19H,13H2,1-3H3,(H,32,38)(H,33,36)/t19-/m1/s1. The average molecular weight is 562 g/mol. The molecule has 0 aliphatic carbocycles. The summed E-state index contributed by atoms with van der Waals surface area (Å²) in [6.07, 6.45) is 1.13. The van der Waals surface area contributed by atoms with Gasteiger partial charge in [0.05, 0.1) is 17.9 Å². The molecule has 2 N–H and O–H groups in total. The first kappa shape index (κ1) is 27.3. The highest BCUT2D eigenvalue weighted by Gasteiger charge is 2.38. The quantitative estimate of drug-likeness (QED) is 0.448. The fourth-order valence-corrected chi connectivity index (χ4v) is 4.56. The Morgan fingerprint density at radius 1 is 1.03 bits per heavy atom. The van der Waals surface area contributed by atoms with Gasteiger partial charge in [0, 0.05) is 40.6 Å². The molecule has 8 nitrogen and oxygen atoms in total. The Morgan fingerprint density at radius 2 is 1.71 bits per heavy atom. The summed E-state index contributed by atoms with van der Waals surface area (Å²) < 4.78 is 27.7. The number of nitrogens with zero attached hydrogens (tertiary/aromatic N) is 3. The first-order valence-corrected chi connectivity index (χ1v) is 12.2. The Balaban J connectivity index is 1.65. The summed E-state index contributed by atoms with van der Waals surface area (Å²) in [6.45, 7) is 2.84. The molecule has 0 fully saturated rings. The third-order valence-corrected chi connectivity index (χ3v) is 6.47. The van der Waals surface area contributed by atoms with Crippen LogP contribution in [0.2, 0.25) is 10.0 Å². The molecule has 12 heteroatoms. The lowest BCUT2D eigenvalue weighted by Gasteiger charge is -2.30. The third-order valence-electron chi connectivity index (χ3n) is 6.03. The number of aromatic nitrogens is 1. The summed E-state index contributed by atoms with van der Waals surface area (Å²) in [5.74, 6) is -3.28. The molecule has 3 amide bonds. The van der Waals surface area contributed by atoms with Gasteiger partial charge in [-0.25, -0.2) is 9.37 Å². The first-order chi connectivity index (χ1) is 17.9. The second-order valence-corrected chi connectivity index (χ2v) is 10.1. The minimum atomic E-state index is -1.49. The number of halogens is 4. The van der Waals surface area contributed by atoms with Gasteiger partial charge in [0.15, 0.2) is 0 Å². The number of rotatable bonds is 5. The van der Waals surface area contributed by atoms with Crippen LogP contribution in [-0.4, -0.2) is 47.9 Å². The minimum Gasteiger partial charge on any atom is -0.341 e. The summed E-state index contributed by atoms with van der Waals surface area (Å²) in [5, 5.41) is 5.93. The van der Waals surface area contributed by atoms with Crippen LogP contribution in [-0.2, 0) is 9.59 Å². The maximum absolute atomic E-state index is 14.2. The number of benzene rings is 2. The Hall–Kier alpha value is -3.76. The zero-order valence-electron chi connectivity index (χ0n) is 20.6. The number of fused-ring (bicyclic) bond motifs is 1. The molecule has 0 spiro atoms. The highest BCUT2D eigenvalue weighted by molar-refractivity contribution is 6.35. The van der Waals surface area contributed by atoms with Crippen LogP contribution in [0.3, 0.4) is 0 Å². The van der Waals surface area contributed by atoms with Crippen LogP contribution in [0.4, 0.5) is 25.8 Å². The Bertz CT molecular complexity index is 1420. The van der Waals surface area contributed by atoms with Crippen molar-refractivity contribution in [3.05, 3.63) is 82.1 Å². The summed E-state index contributed by atoms with van der Waals surface area (Å²) in [7, 11) is 1.47. The predicted octanol–water partition coefficient (Wildman–Crippen LogP) is 4.47. The van der Waals surface area contributed by atoms with Crippen molar-refractivity contribution in [2.24, 2.45) is 0 Å². The molecule has 0 unspecified atom stereocenters. The van der Waals surface area contributed by atoms with E-state index in [1.807, 2.05) is 0 Å². The van der Waals surface area contributed by atoms with Crippen LogP contribution in [0.5, 0.6) is 0 Å². The van der Waals surface area contributed by atoms with Gasteiger partial charge >= 0.3 is 0 Å². The lowest BCUT2D eigenvalue weighted by Crippen LogP contribution is -2.60. The summed E-state index contributed by atoms with van der Waals surface area (Å²) in [5.41, 5.74) is -0.236. The van der Waals surface area contributed by atoms with Crippen molar-refractivity contribution in [2.45, 2.75) is 25.4 Å². The highest BCUT2D eigenvalue weighted by Crippen LogP contribution is 2.39. The number of hydrogen-bond donors (Lipinski definition) is 2. The number of amides is 3. The Kier molecular flexibility index (Phi) is 7.57. The molecule has 198 valence electrons. The molecule has 1 aliphatic heterocycles. The van der Waals surface area contributed by atoms with Crippen molar-refractivity contribution >= 4 is 58.0 Å². The van der Waals surface area contributed by atoms with Gasteiger partial charge in [0.1, 0.15) is 17.4 Å². The van der Waals surface area contributed by atoms with Crippen LogP contribution in [0.15, 0.2) is 54.7 Å². The third kappa shape index (κ3) is 5.71. The van der Waals surface area contributed by atoms with Crippen molar-refractivity contribution in [1.29, 1.82) is 0 Å². The molecular formula is C26H23Cl2F2N5O3. The fourth-order valence-electron chi connectivity index (χ4n) is 4.05. The van der Waals surface area contributed by atoms with Gasteiger partial charge in [-0.2, -0.15) is 4.39 Å². The first-order valence-electron chi connectivity index (χ1n) is 11.4. The molecule has 0 saturated carbocycles. The van der Waals surface area contributed by atoms with Gasteiger partial charge in [-0.1, -0.05) is 23.2 Å². The number of anilines is 3. The van der Waals surface area contributed by atoms with Gasteiger partial charge in [-0.15, -0.1) is 0 Å². The van der Waals surface area contributed by atoms with Crippen LogP contribution in [0.1, 0.15) is 24.2 Å². The van der Waals surface area contributed by atoms with E-state index in [0.717, 1.165) is 12.3 Å². The monoisotopic (exact) mass is 561 g/mol. The lowest BCUT2D eigenvalue weighted by atomic mass is 10.0. The Morgan fingerprint density at radius 3 is 2.37 bits per heavy atom. The number of likely N-dealkylation sites (N-methyl/N-ethyl adjacent to an activating group) is 1. The van der Waals surface area contributed by atoms with Crippen LogP contribution >= 0.6 is 23.2 Å². The SMILES string of the molecule is CN1C(=O)[C@H](NC(=O)C(C)(C)NC(=O)c2ccnc(F)c2)CN(c2cc(Cl)cc(Cl)c2)c2ccc(F)cc21. The van der Waals surface area contributed by atoms with Crippen molar-refractivity contribution in [3.8, 4) is 0 Å². The molecule has 0 saturated heterocycles. The van der Waals surface area contributed by atoms with Crippen molar-refractivity contribution in [3.63, 3.8) is 0 Å². The van der Waals surface area contributed by atoms with Gasteiger partial charge in [0.25, 0.3) is 11.8 Å². The number of pyridine rings is 1. The Labute approximate surface area is 227 Å². The van der Waals surface area contributed by atoms with Crippen molar-refractivity contribution < 1.29 is 23.2 Å². The maximum atomic E-state index is 14.2. The molecule has 2 aromatic carbocycles. The van der Waals surface area contributed by atoms with Crippen molar-refractivity contribution in [2.75, 3.05) is 23.4 Å². The van der Waals surface area contributed by atoms with Crippen molar-refractivity contribution in [1.82, 2.24) is 15.6 Å². The second kappa shape index (κ2) is 10.5. The highest BCUT2D eigenvalue weighted by atomic mass is 35.5. The predicted molar refractivity (Wildman–Crippen MR) is 141 cm³/mol. The normalized spacial score (nSPS) is 15.6. The van der Waals surface area contributed by atoms with E-state index in [2.05, 4.69) is 15.6 Å². The topological polar surface area (TPSA) is 94.6 Å². The van der Waals surface area contributed by atoms with E-state index < -0.39 is 41.1 Å². The smallest absolute Gasteiger partial charge is 0.252 e. The molecule has 38 heavy (non-hydrogen) atoms. The molecular weight excluding hydrogens is 539 g/mol. The summed E-state index contributed by atoms with van der Waals surface area (Å²) in [6, 6.07) is 9.94. The largest absolute Gasteiger partial charge is 0.341 e. The second-order valence-electron chi connectivity index (χ2n) is 9.24. The molecule has 3 aromatic rings. The van der Waals surface area contributed by atoms with Crippen LogP contribution < -0.4 is 20.4 Å². The number of carbonyl (C=O) groups excluding carboxylic acids is 3. The zero-order valence-corrected chi connectivity index (χ0v) is 22.1. The minimum absolute atomic E-state index is 0.0230. The van der Waals surface area contributed by atoms with E-state index in [0.29, 0.717) is 21.4 Å². The number of hydrogen-bond acceptors (Lipinski definition) is 5. The average Bonchev–Trinajstić information content (AvgIpc) is 2.93. The molecule has 0 bridgehead atoms. The van der Waals surface area contributed by atoms with Gasteiger partial charge in [-0.05, 0) is 56.3 Å². The maximum Gasteiger partial charge on any atom is 0.252 e. The van der Waals surface area contributed by atoms with Gasteiger partial charge < -0.3 is 20.4 Å². The molecule has 4 rings (SSSR count). The summed E-state index contributed by atoms with van der Waals surface area (Å²) >= 11 is 12.4. The van der Waals surface area contributed by atoms with Gasteiger partial charge in [-0.3, -0.25) is 14.4 Å². The lowest BCUT2D eigenvalue weighted by molar-refractivity contribution is -0.130. The molecule has 2 heterocycles. The fraction of sp³-hybridized carbons (Fsp3) is 0.231. The van der Waals surface area contributed by atoms with E-state index in [-0.39, 0.29) is 17.8 Å². The van der Waals surface area contributed by atoms with Crippen LogP contribution in [0, 0.1) is 11.8 Å². The van der Waals surface area contributed by atoms with E-state index in [4.69, 9.17) is 23.2 Å². The van der Waals surface area contributed by atoms with E-state index in [1.165, 1.54) is 50.1 Å². The molecule has 1 aliphatic rings. The number of nitrogens with one attached hydrogen (secondary N) is 2. The van der Waals surface area contributed by atoms with E-state index >= 15 is 0 Å². The van der Waals surface area contributed by atoms with Crippen LogP contribution in [0.25, 0.3) is 0 Å². The molecule has 0 radical (unpaired) electrons. The van der Waals surface area contributed by atoms with E-state index in [9.17, 15) is 23.2 Å². The molecule has 1 atom stereocenters. The number of carbonyl (C=O) groups is 3. The summed E-state index contributed by atoms with van der Waals surface area (Å²) in [4.78, 5) is 45.7.